The summed E-state index contributed by atoms with van der Waals surface area (Å²) >= 11 is 0. The van der Waals surface area contributed by atoms with Gasteiger partial charge in [-0.05, 0) is 12.1 Å². The number of likely N-dealkylation sites (N-methyl/N-ethyl adjacent to an activating group) is 1. The highest BCUT2D eigenvalue weighted by molar-refractivity contribution is 5.61. The Kier molecular flexibility index (Phi) is 5.06. The molecule has 0 aliphatic rings. The van der Waals surface area contributed by atoms with Gasteiger partial charge in [0.2, 0.25) is 0 Å². The van der Waals surface area contributed by atoms with E-state index in [0.29, 0.717) is 6.54 Å². The molecule has 96 valence electrons. The Bertz CT molecular complexity index is 358. The summed E-state index contributed by atoms with van der Waals surface area (Å²) in [5.41, 5.74) is 6.25. The molecule has 0 bridgehead atoms. The molecule has 0 heterocycles. The summed E-state index contributed by atoms with van der Waals surface area (Å²) in [6, 6.07) is 5.52. The lowest BCUT2D eigenvalue weighted by Crippen LogP contribution is -2.34. The normalized spacial score (nSPS) is 12.1. The second-order valence-corrected chi connectivity index (χ2v) is 3.81. The summed E-state index contributed by atoms with van der Waals surface area (Å²) in [5, 5.41) is 9.54. The first-order chi connectivity index (χ1) is 8.12. The second kappa shape index (κ2) is 6.32. The molecule has 1 aromatic carbocycles. The van der Waals surface area contributed by atoms with E-state index < -0.39 is 6.10 Å². The van der Waals surface area contributed by atoms with Crippen molar-refractivity contribution in [3.8, 4) is 11.5 Å². The number of aliphatic hydroxyl groups is 1. The molecule has 0 aliphatic heterocycles. The molecule has 0 saturated heterocycles. The van der Waals surface area contributed by atoms with Crippen LogP contribution in [-0.2, 0) is 0 Å². The molecular weight excluding hydrogens is 220 g/mol. The van der Waals surface area contributed by atoms with Gasteiger partial charge in [-0.3, -0.25) is 0 Å². The van der Waals surface area contributed by atoms with Crippen LogP contribution in [0.15, 0.2) is 18.2 Å². The van der Waals surface area contributed by atoms with Crippen LogP contribution < -0.4 is 20.1 Å². The zero-order valence-electron chi connectivity index (χ0n) is 10.5. The molecule has 1 rings (SSSR count). The molecule has 0 saturated carbocycles. The third-order valence-electron chi connectivity index (χ3n) is 2.55. The van der Waals surface area contributed by atoms with E-state index in [1.165, 1.54) is 0 Å². The first-order valence-corrected chi connectivity index (χ1v) is 5.43. The minimum atomic E-state index is -0.559. The Morgan fingerprint density at radius 1 is 1.35 bits per heavy atom. The summed E-state index contributed by atoms with van der Waals surface area (Å²) in [5.74, 6) is 1.48. The van der Waals surface area contributed by atoms with Crippen LogP contribution in [0.2, 0.25) is 0 Å². The molecule has 5 heteroatoms. The van der Waals surface area contributed by atoms with Gasteiger partial charge in [-0.25, -0.2) is 0 Å². The number of rotatable bonds is 6. The zero-order valence-corrected chi connectivity index (χ0v) is 10.5. The van der Waals surface area contributed by atoms with Crippen LogP contribution in [0.3, 0.4) is 0 Å². The Morgan fingerprint density at radius 2 is 2.06 bits per heavy atom. The molecule has 3 N–H and O–H groups in total. The van der Waals surface area contributed by atoms with Crippen molar-refractivity contribution in [3.05, 3.63) is 18.2 Å². The average molecular weight is 240 g/mol. The standard InChI is InChI=1S/C12H20N2O3/c1-14(8-9(15)7-13)11-6-10(16-2)4-5-12(11)17-3/h4-6,9,15H,7-8,13H2,1-3H3. The van der Waals surface area contributed by atoms with Crippen molar-refractivity contribution in [1.82, 2.24) is 0 Å². The van der Waals surface area contributed by atoms with Crippen molar-refractivity contribution in [2.75, 3.05) is 39.3 Å². The van der Waals surface area contributed by atoms with E-state index in [4.69, 9.17) is 15.2 Å². The molecule has 5 nitrogen and oxygen atoms in total. The number of anilines is 1. The fourth-order valence-corrected chi connectivity index (χ4v) is 1.58. The lowest BCUT2D eigenvalue weighted by molar-refractivity contribution is 0.189. The summed E-state index contributed by atoms with van der Waals surface area (Å²) in [4.78, 5) is 1.89. The predicted molar refractivity (Wildman–Crippen MR) is 67.9 cm³/mol. The predicted octanol–water partition coefficient (Wildman–Crippen LogP) is 0.460. The maximum atomic E-state index is 9.54. The van der Waals surface area contributed by atoms with Gasteiger partial charge < -0.3 is 25.2 Å². The lowest BCUT2D eigenvalue weighted by atomic mass is 10.2. The minimum absolute atomic E-state index is 0.233. The molecule has 0 radical (unpaired) electrons. The number of nitrogens with two attached hydrogens (primary N) is 1. The second-order valence-electron chi connectivity index (χ2n) is 3.81. The van der Waals surface area contributed by atoms with Crippen molar-refractivity contribution in [3.63, 3.8) is 0 Å². The molecule has 0 aromatic heterocycles. The van der Waals surface area contributed by atoms with Crippen LogP contribution in [0, 0.1) is 0 Å². The summed E-state index contributed by atoms with van der Waals surface area (Å²) in [6.07, 6.45) is -0.559. The third kappa shape index (κ3) is 3.51. The summed E-state index contributed by atoms with van der Waals surface area (Å²) in [7, 11) is 5.09. The van der Waals surface area contributed by atoms with E-state index in [0.717, 1.165) is 17.2 Å². The van der Waals surface area contributed by atoms with Crippen LogP contribution >= 0.6 is 0 Å². The fourth-order valence-electron chi connectivity index (χ4n) is 1.58. The maximum Gasteiger partial charge on any atom is 0.142 e. The van der Waals surface area contributed by atoms with Gasteiger partial charge in [0, 0.05) is 26.2 Å². The Morgan fingerprint density at radius 3 is 2.59 bits per heavy atom. The molecule has 1 atom stereocenters. The molecule has 0 spiro atoms. The number of methoxy groups -OCH3 is 2. The molecule has 1 aromatic rings. The lowest BCUT2D eigenvalue weighted by Gasteiger charge is -2.24. The van der Waals surface area contributed by atoms with Crippen molar-refractivity contribution in [2.24, 2.45) is 5.73 Å². The molecule has 0 fully saturated rings. The largest absolute Gasteiger partial charge is 0.497 e. The van der Waals surface area contributed by atoms with Crippen LogP contribution in [0.1, 0.15) is 0 Å². The smallest absolute Gasteiger partial charge is 0.142 e. The minimum Gasteiger partial charge on any atom is -0.497 e. The van der Waals surface area contributed by atoms with Gasteiger partial charge >= 0.3 is 0 Å². The zero-order chi connectivity index (χ0) is 12.8. The van der Waals surface area contributed by atoms with E-state index >= 15 is 0 Å². The molecular formula is C12H20N2O3. The molecule has 0 aliphatic carbocycles. The van der Waals surface area contributed by atoms with E-state index in [1.807, 2.05) is 30.1 Å². The Hall–Kier alpha value is -1.46. The number of ether oxygens (including phenoxy) is 2. The number of nitrogens with zero attached hydrogens (tertiary/aromatic N) is 1. The highest BCUT2D eigenvalue weighted by Gasteiger charge is 2.12. The van der Waals surface area contributed by atoms with Crippen molar-refractivity contribution >= 4 is 5.69 Å². The Balaban J connectivity index is 2.92. The topological polar surface area (TPSA) is 68.0 Å². The number of hydrogen-bond acceptors (Lipinski definition) is 5. The van der Waals surface area contributed by atoms with Gasteiger partial charge in [0.05, 0.1) is 26.0 Å². The van der Waals surface area contributed by atoms with Gasteiger partial charge in [0.25, 0.3) is 0 Å². The van der Waals surface area contributed by atoms with Crippen LogP contribution in [0.4, 0.5) is 5.69 Å². The monoisotopic (exact) mass is 240 g/mol. The Labute approximate surface area is 102 Å². The fraction of sp³-hybridized carbons (Fsp3) is 0.500. The van der Waals surface area contributed by atoms with Gasteiger partial charge in [-0.15, -0.1) is 0 Å². The summed E-state index contributed by atoms with van der Waals surface area (Å²) in [6.45, 7) is 0.677. The van der Waals surface area contributed by atoms with Crippen LogP contribution in [0.5, 0.6) is 11.5 Å². The van der Waals surface area contributed by atoms with Gasteiger partial charge in [0.15, 0.2) is 0 Å². The van der Waals surface area contributed by atoms with Crippen molar-refractivity contribution in [1.29, 1.82) is 0 Å². The van der Waals surface area contributed by atoms with Gasteiger partial charge in [-0.2, -0.15) is 0 Å². The molecule has 0 amide bonds. The van der Waals surface area contributed by atoms with E-state index in [-0.39, 0.29) is 6.54 Å². The van der Waals surface area contributed by atoms with Crippen LogP contribution in [0.25, 0.3) is 0 Å². The molecule has 1 unspecified atom stereocenters. The number of hydrogen-bond donors (Lipinski definition) is 2. The van der Waals surface area contributed by atoms with Crippen molar-refractivity contribution < 1.29 is 14.6 Å². The first kappa shape index (κ1) is 13.6. The number of aliphatic hydroxyl groups excluding tert-OH is 1. The SMILES string of the molecule is COc1ccc(OC)c(N(C)CC(O)CN)c1. The van der Waals surface area contributed by atoms with Crippen LogP contribution in [-0.4, -0.2) is 45.6 Å². The summed E-state index contributed by atoms with van der Waals surface area (Å²) < 4.78 is 10.4. The van der Waals surface area contributed by atoms with E-state index in [9.17, 15) is 5.11 Å². The van der Waals surface area contributed by atoms with Crippen molar-refractivity contribution in [2.45, 2.75) is 6.10 Å². The van der Waals surface area contributed by atoms with E-state index in [2.05, 4.69) is 0 Å². The van der Waals surface area contributed by atoms with Gasteiger partial charge in [-0.1, -0.05) is 0 Å². The average Bonchev–Trinajstić information content (AvgIpc) is 2.37. The quantitative estimate of drug-likeness (QED) is 0.756. The third-order valence-corrected chi connectivity index (χ3v) is 2.55. The maximum absolute atomic E-state index is 9.54. The highest BCUT2D eigenvalue weighted by Crippen LogP contribution is 2.31. The molecule has 17 heavy (non-hydrogen) atoms. The van der Waals surface area contributed by atoms with Gasteiger partial charge in [0.1, 0.15) is 11.5 Å². The highest BCUT2D eigenvalue weighted by atomic mass is 16.5. The van der Waals surface area contributed by atoms with E-state index in [1.54, 1.807) is 14.2 Å². The first-order valence-electron chi connectivity index (χ1n) is 5.43. The number of benzene rings is 1.